The van der Waals surface area contributed by atoms with Gasteiger partial charge in [0, 0.05) is 23.9 Å². The average Bonchev–Trinajstić information content (AvgIpc) is 2.94. The van der Waals surface area contributed by atoms with Gasteiger partial charge in [-0.15, -0.1) is 11.3 Å². The van der Waals surface area contributed by atoms with E-state index in [9.17, 15) is 9.18 Å². The molecule has 4 nitrogen and oxygen atoms in total. The van der Waals surface area contributed by atoms with Gasteiger partial charge in [0.1, 0.15) is 16.5 Å². The number of carbonyl (C=O) groups excluding carboxylic acids is 1. The molecule has 0 aliphatic heterocycles. The third-order valence-electron chi connectivity index (χ3n) is 3.25. The third kappa shape index (κ3) is 3.65. The fourth-order valence-electron chi connectivity index (χ4n) is 2.01. The van der Waals surface area contributed by atoms with Crippen molar-refractivity contribution in [2.24, 2.45) is 5.73 Å². The predicted molar refractivity (Wildman–Crippen MR) is 81.8 cm³/mol. The molecule has 0 radical (unpaired) electrons. The van der Waals surface area contributed by atoms with E-state index in [4.69, 9.17) is 5.73 Å². The number of nitrogens with one attached hydrogen (secondary N) is 1. The molecule has 0 unspecified atom stereocenters. The molecule has 1 heterocycles. The fourth-order valence-corrected chi connectivity index (χ4v) is 2.66. The van der Waals surface area contributed by atoms with Gasteiger partial charge < -0.3 is 11.1 Å². The molecule has 21 heavy (non-hydrogen) atoms. The summed E-state index contributed by atoms with van der Waals surface area (Å²) >= 11 is 1.35. The van der Waals surface area contributed by atoms with Crippen LogP contribution in [0.15, 0.2) is 29.6 Å². The second-order valence-electron chi connectivity index (χ2n) is 5.38. The maximum absolute atomic E-state index is 13.8. The minimum Gasteiger partial charge on any atom is -0.350 e. The molecule has 1 aromatic carbocycles. The van der Waals surface area contributed by atoms with E-state index in [2.05, 4.69) is 10.3 Å². The standard InChI is InChI=1S/C15H18FN3OS/c1-15(2,10-5-3-4-6-11(10)16)9-18-14(20)12-8-21-13(7-17)19-12/h3-6,8H,7,9,17H2,1-2H3,(H,18,20). The number of amides is 1. The van der Waals surface area contributed by atoms with Crippen molar-refractivity contribution < 1.29 is 9.18 Å². The highest BCUT2D eigenvalue weighted by atomic mass is 32.1. The first-order chi connectivity index (χ1) is 9.94. The minimum atomic E-state index is -0.506. The van der Waals surface area contributed by atoms with Crippen LogP contribution in [0.5, 0.6) is 0 Å². The van der Waals surface area contributed by atoms with Crippen LogP contribution >= 0.6 is 11.3 Å². The molecular weight excluding hydrogens is 289 g/mol. The Hall–Kier alpha value is -1.79. The number of nitrogens with two attached hydrogens (primary N) is 1. The van der Waals surface area contributed by atoms with Crippen molar-refractivity contribution in [3.8, 4) is 0 Å². The quantitative estimate of drug-likeness (QED) is 0.891. The Balaban J connectivity index is 2.04. The van der Waals surface area contributed by atoms with E-state index in [1.165, 1.54) is 17.4 Å². The van der Waals surface area contributed by atoms with Gasteiger partial charge in [0.15, 0.2) is 0 Å². The predicted octanol–water partition coefficient (Wildman–Crippen LogP) is 2.45. The van der Waals surface area contributed by atoms with Gasteiger partial charge in [-0.05, 0) is 11.6 Å². The van der Waals surface area contributed by atoms with Crippen molar-refractivity contribution in [2.75, 3.05) is 6.54 Å². The van der Waals surface area contributed by atoms with E-state index in [-0.39, 0.29) is 11.7 Å². The molecule has 0 fully saturated rings. The number of benzene rings is 1. The van der Waals surface area contributed by atoms with Crippen molar-refractivity contribution >= 4 is 17.2 Å². The Morgan fingerprint density at radius 2 is 2.14 bits per heavy atom. The van der Waals surface area contributed by atoms with Gasteiger partial charge in [-0.1, -0.05) is 32.0 Å². The van der Waals surface area contributed by atoms with E-state index < -0.39 is 5.41 Å². The molecule has 1 aromatic heterocycles. The zero-order valence-corrected chi connectivity index (χ0v) is 12.8. The van der Waals surface area contributed by atoms with Crippen LogP contribution in [-0.2, 0) is 12.0 Å². The van der Waals surface area contributed by atoms with Crippen molar-refractivity contribution in [1.29, 1.82) is 0 Å². The number of thiazole rings is 1. The van der Waals surface area contributed by atoms with Crippen LogP contribution < -0.4 is 11.1 Å². The summed E-state index contributed by atoms with van der Waals surface area (Å²) in [7, 11) is 0. The molecule has 0 aliphatic carbocycles. The van der Waals surface area contributed by atoms with Crippen LogP contribution in [-0.4, -0.2) is 17.4 Å². The highest BCUT2D eigenvalue weighted by molar-refractivity contribution is 7.09. The molecule has 2 rings (SSSR count). The Morgan fingerprint density at radius 1 is 1.43 bits per heavy atom. The number of hydrogen-bond donors (Lipinski definition) is 2. The Kier molecular flexibility index (Phi) is 4.69. The van der Waals surface area contributed by atoms with Gasteiger partial charge in [0.05, 0.1) is 0 Å². The van der Waals surface area contributed by atoms with Crippen molar-refractivity contribution in [3.63, 3.8) is 0 Å². The molecule has 112 valence electrons. The number of halogens is 1. The van der Waals surface area contributed by atoms with Gasteiger partial charge in [0.25, 0.3) is 5.91 Å². The molecule has 0 aliphatic rings. The molecule has 0 atom stereocenters. The lowest BCUT2D eigenvalue weighted by molar-refractivity contribution is 0.0941. The number of carbonyl (C=O) groups is 1. The summed E-state index contributed by atoms with van der Waals surface area (Å²) < 4.78 is 13.8. The van der Waals surface area contributed by atoms with E-state index in [1.807, 2.05) is 13.8 Å². The number of nitrogens with zero attached hydrogens (tertiary/aromatic N) is 1. The molecule has 2 aromatic rings. The van der Waals surface area contributed by atoms with Gasteiger partial charge in [-0.2, -0.15) is 0 Å². The Bertz CT molecular complexity index is 639. The molecule has 0 bridgehead atoms. The number of hydrogen-bond acceptors (Lipinski definition) is 4. The molecule has 0 saturated carbocycles. The Morgan fingerprint density at radius 3 is 2.76 bits per heavy atom. The van der Waals surface area contributed by atoms with Crippen LogP contribution in [0.1, 0.15) is 34.9 Å². The van der Waals surface area contributed by atoms with Gasteiger partial charge in [-0.25, -0.2) is 9.37 Å². The van der Waals surface area contributed by atoms with E-state index in [1.54, 1.807) is 23.6 Å². The zero-order valence-electron chi connectivity index (χ0n) is 12.0. The summed E-state index contributed by atoms with van der Waals surface area (Å²) in [4.78, 5) is 16.2. The molecule has 0 saturated heterocycles. The second-order valence-corrected chi connectivity index (χ2v) is 6.32. The monoisotopic (exact) mass is 307 g/mol. The van der Waals surface area contributed by atoms with E-state index >= 15 is 0 Å². The SMILES string of the molecule is CC(C)(CNC(=O)c1csc(CN)n1)c1ccccc1F. The Labute approximate surface area is 127 Å². The fraction of sp³-hybridized carbons (Fsp3) is 0.333. The summed E-state index contributed by atoms with van der Waals surface area (Å²) in [6.45, 7) is 4.41. The summed E-state index contributed by atoms with van der Waals surface area (Å²) in [6.07, 6.45) is 0. The largest absolute Gasteiger partial charge is 0.350 e. The first kappa shape index (κ1) is 15.6. The van der Waals surface area contributed by atoms with E-state index in [0.29, 0.717) is 29.4 Å². The molecule has 1 amide bonds. The summed E-state index contributed by atoms with van der Waals surface area (Å²) in [6, 6.07) is 6.59. The normalized spacial score (nSPS) is 11.4. The van der Waals surface area contributed by atoms with Crippen molar-refractivity contribution in [1.82, 2.24) is 10.3 Å². The van der Waals surface area contributed by atoms with Gasteiger partial charge in [0.2, 0.25) is 0 Å². The van der Waals surface area contributed by atoms with Gasteiger partial charge >= 0.3 is 0 Å². The van der Waals surface area contributed by atoms with Crippen molar-refractivity contribution in [2.45, 2.75) is 25.8 Å². The van der Waals surface area contributed by atoms with E-state index in [0.717, 1.165) is 0 Å². The van der Waals surface area contributed by atoms with Crippen LogP contribution in [0.4, 0.5) is 4.39 Å². The van der Waals surface area contributed by atoms with Crippen LogP contribution in [0.2, 0.25) is 0 Å². The topological polar surface area (TPSA) is 68.0 Å². The third-order valence-corrected chi connectivity index (χ3v) is 4.12. The maximum Gasteiger partial charge on any atom is 0.270 e. The van der Waals surface area contributed by atoms with Crippen LogP contribution in [0.3, 0.4) is 0 Å². The number of aromatic nitrogens is 1. The molecular formula is C15H18FN3OS. The lowest BCUT2D eigenvalue weighted by atomic mass is 9.84. The highest BCUT2D eigenvalue weighted by Crippen LogP contribution is 2.24. The maximum atomic E-state index is 13.8. The number of rotatable bonds is 5. The van der Waals surface area contributed by atoms with Crippen molar-refractivity contribution in [3.05, 3.63) is 51.7 Å². The highest BCUT2D eigenvalue weighted by Gasteiger charge is 2.25. The summed E-state index contributed by atoms with van der Waals surface area (Å²) in [5.41, 5.74) is 5.89. The second kappa shape index (κ2) is 6.32. The summed E-state index contributed by atoms with van der Waals surface area (Å²) in [5, 5.41) is 5.19. The smallest absolute Gasteiger partial charge is 0.270 e. The molecule has 0 spiro atoms. The summed E-state index contributed by atoms with van der Waals surface area (Å²) in [5.74, 6) is -0.536. The first-order valence-electron chi connectivity index (χ1n) is 6.62. The zero-order chi connectivity index (χ0) is 15.5. The van der Waals surface area contributed by atoms with Crippen LogP contribution in [0.25, 0.3) is 0 Å². The minimum absolute atomic E-state index is 0.268. The lowest BCUT2D eigenvalue weighted by Gasteiger charge is -2.25. The molecule has 6 heteroatoms. The lowest BCUT2D eigenvalue weighted by Crippen LogP contribution is -2.37. The molecule has 3 N–H and O–H groups in total. The first-order valence-corrected chi connectivity index (χ1v) is 7.49. The average molecular weight is 307 g/mol. The van der Waals surface area contributed by atoms with Crippen LogP contribution in [0, 0.1) is 5.82 Å². The van der Waals surface area contributed by atoms with Gasteiger partial charge in [-0.3, -0.25) is 4.79 Å².